The molecular weight excluding hydrogens is 218 g/mol. The number of rotatable bonds is 4. The molecule has 2 aromatic rings. The molecule has 0 saturated carbocycles. The zero-order chi connectivity index (χ0) is 11.4. The summed E-state index contributed by atoms with van der Waals surface area (Å²) < 4.78 is 2.04. The molecule has 0 atom stereocenters. The number of aromatic nitrogens is 2. The molecule has 4 heteroatoms. The largest absolute Gasteiger partial charge is 0.337 e. The van der Waals surface area contributed by atoms with Gasteiger partial charge in [0.1, 0.15) is 5.82 Å². The molecule has 0 spiro atoms. The van der Waals surface area contributed by atoms with Crippen molar-refractivity contribution in [3.05, 3.63) is 48.0 Å². The lowest BCUT2D eigenvalue weighted by Crippen LogP contribution is -1.96. The van der Waals surface area contributed by atoms with Crippen molar-refractivity contribution >= 4 is 11.8 Å². The van der Waals surface area contributed by atoms with E-state index in [0.717, 1.165) is 11.6 Å². The molecule has 0 aliphatic rings. The lowest BCUT2D eigenvalue weighted by atomic mass is 10.2. The first kappa shape index (κ1) is 11.2. The van der Waals surface area contributed by atoms with E-state index in [1.165, 1.54) is 10.5 Å². The highest BCUT2D eigenvalue weighted by molar-refractivity contribution is 7.98. The second kappa shape index (κ2) is 5.18. The molecule has 1 aromatic heterocycles. The van der Waals surface area contributed by atoms with Gasteiger partial charge in [0.25, 0.3) is 0 Å². The molecule has 0 amide bonds. The number of hydrogen-bond donors (Lipinski definition) is 1. The molecule has 3 nitrogen and oxygen atoms in total. The standard InChI is InChI=1S/C12H15N3S/c1-15-6-5-14-12(15)9-16-11-4-2-3-10(7-11)8-13/h2-7H,8-9,13H2,1H3. The van der Waals surface area contributed by atoms with Crippen LogP contribution in [0.5, 0.6) is 0 Å². The van der Waals surface area contributed by atoms with Crippen LogP contribution in [0.1, 0.15) is 11.4 Å². The molecular formula is C12H15N3S. The number of hydrogen-bond acceptors (Lipinski definition) is 3. The van der Waals surface area contributed by atoms with Crippen LogP contribution in [0.25, 0.3) is 0 Å². The zero-order valence-corrected chi connectivity index (χ0v) is 10.1. The topological polar surface area (TPSA) is 43.8 Å². The van der Waals surface area contributed by atoms with Gasteiger partial charge in [-0.05, 0) is 17.7 Å². The Balaban J connectivity index is 2.02. The summed E-state index contributed by atoms with van der Waals surface area (Å²) in [6.07, 6.45) is 3.79. The molecule has 1 heterocycles. The van der Waals surface area contributed by atoms with Gasteiger partial charge in [-0.3, -0.25) is 0 Å². The van der Waals surface area contributed by atoms with Gasteiger partial charge >= 0.3 is 0 Å². The molecule has 0 saturated heterocycles. The van der Waals surface area contributed by atoms with E-state index in [9.17, 15) is 0 Å². The highest BCUT2D eigenvalue weighted by Gasteiger charge is 2.01. The maximum Gasteiger partial charge on any atom is 0.118 e. The third-order valence-corrected chi connectivity index (χ3v) is 3.41. The average Bonchev–Trinajstić information content (AvgIpc) is 2.72. The van der Waals surface area contributed by atoms with E-state index in [2.05, 4.69) is 17.1 Å². The van der Waals surface area contributed by atoms with E-state index in [1.54, 1.807) is 11.8 Å². The van der Waals surface area contributed by atoms with Gasteiger partial charge in [-0.15, -0.1) is 11.8 Å². The summed E-state index contributed by atoms with van der Waals surface area (Å²) in [4.78, 5) is 5.53. The molecule has 0 fully saturated rings. The summed E-state index contributed by atoms with van der Waals surface area (Å²) in [6.45, 7) is 0.594. The first-order valence-electron chi connectivity index (χ1n) is 5.17. The molecule has 0 radical (unpaired) electrons. The summed E-state index contributed by atoms with van der Waals surface area (Å²) in [5.41, 5.74) is 6.78. The van der Waals surface area contributed by atoms with Crippen molar-refractivity contribution < 1.29 is 0 Å². The first-order chi connectivity index (χ1) is 7.79. The van der Waals surface area contributed by atoms with Crippen LogP contribution in [0.4, 0.5) is 0 Å². The highest BCUT2D eigenvalue weighted by atomic mass is 32.2. The van der Waals surface area contributed by atoms with Gasteiger partial charge in [0.05, 0.1) is 5.75 Å². The Kier molecular flexibility index (Phi) is 3.64. The second-order valence-corrected chi connectivity index (χ2v) is 4.64. The van der Waals surface area contributed by atoms with Gasteiger partial charge in [0, 0.05) is 30.9 Å². The number of nitrogens with zero attached hydrogens (tertiary/aromatic N) is 2. The minimum atomic E-state index is 0.594. The highest BCUT2D eigenvalue weighted by Crippen LogP contribution is 2.22. The third-order valence-electron chi connectivity index (χ3n) is 2.42. The number of benzene rings is 1. The Morgan fingerprint density at radius 1 is 1.44 bits per heavy atom. The summed E-state index contributed by atoms with van der Waals surface area (Å²) in [7, 11) is 2.01. The molecule has 0 aliphatic heterocycles. The molecule has 84 valence electrons. The van der Waals surface area contributed by atoms with Crippen LogP contribution in [-0.2, 0) is 19.3 Å². The monoisotopic (exact) mass is 233 g/mol. The maximum absolute atomic E-state index is 5.61. The Labute approximate surface area is 99.7 Å². The van der Waals surface area contributed by atoms with Gasteiger partial charge in [-0.1, -0.05) is 12.1 Å². The molecule has 0 unspecified atom stereocenters. The van der Waals surface area contributed by atoms with Crippen molar-refractivity contribution in [2.24, 2.45) is 12.8 Å². The van der Waals surface area contributed by atoms with E-state index in [0.29, 0.717) is 6.54 Å². The van der Waals surface area contributed by atoms with Crippen LogP contribution >= 0.6 is 11.8 Å². The average molecular weight is 233 g/mol. The molecule has 2 N–H and O–H groups in total. The van der Waals surface area contributed by atoms with Crippen molar-refractivity contribution in [1.29, 1.82) is 0 Å². The fourth-order valence-electron chi connectivity index (χ4n) is 1.45. The van der Waals surface area contributed by atoms with Crippen molar-refractivity contribution in [1.82, 2.24) is 9.55 Å². The van der Waals surface area contributed by atoms with Crippen LogP contribution in [0.15, 0.2) is 41.6 Å². The molecule has 2 rings (SSSR count). The lowest BCUT2D eigenvalue weighted by molar-refractivity contribution is 0.849. The van der Waals surface area contributed by atoms with E-state index < -0.39 is 0 Å². The fraction of sp³-hybridized carbons (Fsp3) is 0.250. The number of aryl methyl sites for hydroxylation is 1. The van der Waals surface area contributed by atoms with Gasteiger partial charge in [-0.25, -0.2) is 4.98 Å². The number of thioether (sulfide) groups is 1. The zero-order valence-electron chi connectivity index (χ0n) is 9.26. The molecule has 0 aliphatic carbocycles. The predicted molar refractivity (Wildman–Crippen MR) is 67.1 cm³/mol. The predicted octanol–water partition coefficient (Wildman–Crippen LogP) is 2.17. The van der Waals surface area contributed by atoms with Gasteiger partial charge < -0.3 is 10.3 Å². The van der Waals surface area contributed by atoms with Gasteiger partial charge in [-0.2, -0.15) is 0 Å². The van der Waals surface area contributed by atoms with E-state index in [-0.39, 0.29) is 0 Å². The van der Waals surface area contributed by atoms with Gasteiger partial charge in [0.15, 0.2) is 0 Å². The van der Waals surface area contributed by atoms with E-state index >= 15 is 0 Å². The lowest BCUT2D eigenvalue weighted by Gasteiger charge is -2.04. The fourth-order valence-corrected chi connectivity index (χ4v) is 2.43. The molecule has 16 heavy (non-hydrogen) atoms. The SMILES string of the molecule is Cn1ccnc1CSc1cccc(CN)c1. The minimum Gasteiger partial charge on any atom is -0.337 e. The van der Waals surface area contributed by atoms with Crippen molar-refractivity contribution in [3.63, 3.8) is 0 Å². The Morgan fingerprint density at radius 2 is 2.31 bits per heavy atom. The van der Waals surface area contributed by atoms with E-state index in [4.69, 9.17) is 5.73 Å². The molecule has 0 bridgehead atoms. The summed E-state index contributed by atoms with van der Waals surface area (Å²) in [5.74, 6) is 1.97. The number of nitrogens with two attached hydrogens (primary N) is 1. The van der Waals surface area contributed by atoms with Crippen LogP contribution in [0.2, 0.25) is 0 Å². The Morgan fingerprint density at radius 3 is 3.00 bits per heavy atom. The van der Waals surface area contributed by atoms with Crippen LogP contribution in [-0.4, -0.2) is 9.55 Å². The van der Waals surface area contributed by atoms with Crippen molar-refractivity contribution in [3.8, 4) is 0 Å². The Hall–Kier alpha value is -1.26. The first-order valence-corrected chi connectivity index (χ1v) is 6.16. The van der Waals surface area contributed by atoms with Crippen molar-refractivity contribution in [2.45, 2.75) is 17.2 Å². The van der Waals surface area contributed by atoms with Crippen LogP contribution < -0.4 is 5.73 Å². The van der Waals surface area contributed by atoms with Gasteiger partial charge in [0.2, 0.25) is 0 Å². The minimum absolute atomic E-state index is 0.594. The maximum atomic E-state index is 5.61. The number of imidazole rings is 1. The summed E-state index contributed by atoms with van der Waals surface area (Å²) in [5, 5.41) is 0. The second-order valence-electron chi connectivity index (χ2n) is 3.59. The van der Waals surface area contributed by atoms with Crippen LogP contribution in [0.3, 0.4) is 0 Å². The third kappa shape index (κ3) is 2.65. The Bertz CT molecular complexity index is 465. The van der Waals surface area contributed by atoms with Crippen molar-refractivity contribution in [2.75, 3.05) is 0 Å². The van der Waals surface area contributed by atoms with E-state index in [1.807, 2.05) is 36.1 Å². The van der Waals surface area contributed by atoms with Crippen LogP contribution in [0, 0.1) is 0 Å². The smallest absolute Gasteiger partial charge is 0.118 e. The normalized spacial score (nSPS) is 10.6. The quantitative estimate of drug-likeness (QED) is 0.823. The molecule has 1 aromatic carbocycles. The summed E-state index contributed by atoms with van der Waals surface area (Å²) >= 11 is 1.78. The summed E-state index contributed by atoms with van der Waals surface area (Å²) in [6, 6.07) is 8.33.